The highest BCUT2D eigenvalue weighted by molar-refractivity contribution is 9.10. The predicted octanol–water partition coefficient (Wildman–Crippen LogP) is 3.05. The molecule has 0 bridgehead atoms. The number of pyridine rings is 1. The average molecular weight is 317 g/mol. The highest BCUT2D eigenvalue weighted by Crippen LogP contribution is 2.23. The van der Waals surface area contributed by atoms with Crippen LogP contribution in [-0.2, 0) is 0 Å². The first-order valence-electron chi connectivity index (χ1n) is 4.62. The van der Waals surface area contributed by atoms with Crippen molar-refractivity contribution in [1.82, 2.24) is 10.1 Å². The van der Waals surface area contributed by atoms with E-state index < -0.39 is 0 Å². The molecule has 2 rings (SSSR count). The van der Waals surface area contributed by atoms with Crippen LogP contribution in [0.5, 0.6) is 0 Å². The molecule has 0 aliphatic rings. The third kappa shape index (κ3) is 2.83. The van der Waals surface area contributed by atoms with E-state index in [2.05, 4.69) is 31.4 Å². The molecule has 0 spiro atoms. The van der Waals surface area contributed by atoms with E-state index in [4.69, 9.17) is 16.1 Å². The smallest absolute Gasteiger partial charge is 0.294 e. The Bertz CT molecular complexity index is 570. The summed E-state index contributed by atoms with van der Waals surface area (Å²) in [5.74, 6) is -0.241. The monoisotopic (exact) mass is 315 g/mol. The predicted molar refractivity (Wildman–Crippen MR) is 66.1 cm³/mol. The number of aryl methyl sites for hydroxylation is 1. The first kappa shape index (κ1) is 12.1. The number of carbonyl (C=O) groups is 1. The fourth-order valence-electron chi connectivity index (χ4n) is 1.15. The van der Waals surface area contributed by atoms with E-state index in [9.17, 15) is 4.79 Å². The Balaban J connectivity index is 2.15. The first-order valence-corrected chi connectivity index (χ1v) is 5.79. The summed E-state index contributed by atoms with van der Waals surface area (Å²) in [6, 6.07) is 3.20. The molecule has 0 fully saturated rings. The Labute approximate surface area is 110 Å². The van der Waals surface area contributed by atoms with Gasteiger partial charge in [0, 0.05) is 6.07 Å². The molecule has 7 heteroatoms. The van der Waals surface area contributed by atoms with Crippen LogP contribution in [0, 0.1) is 6.92 Å². The number of nitrogens with one attached hydrogen (secondary N) is 1. The van der Waals surface area contributed by atoms with Crippen molar-refractivity contribution in [3.05, 3.63) is 39.4 Å². The van der Waals surface area contributed by atoms with Gasteiger partial charge < -0.3 is 9.84 Å². The van der Waals surface area contributed by atoms with Gasteiger partial charge in [0.15, 0.2) is 0 Å². The van der Waals surface area contributed by atoms with E-state index in [0.29, 0.717) is 21.0 Å². The van der Waals surface area contributed by atoms with E-state index in [1.54, 1.807) is 19.1 Å². The zero-order chi connectivity index (χ0) is 12.4. The Morgan fingerprint density at radius 3 is 2.88 bits per heavy atom. The van der Waals surface area contributed by atoms with Gasteiger partial charge in [0.1, 0.15) is 5.15 Å². The number of anilines is 1. The number of aromatic nitrogens is 2. The van der Waals surface area contributed by atoms with Gasteiger partial charge in [-0.3, -0.25) is 4.79 Å². The third-order valence-corrected chi connectivity index (χ3v) is 3.04. The van der Waals surface area contributed by atoms with Crippen molar-refractivity contribution in [2.75, 3.05) is 5.32 Å². The molecule has 0 saturated carbocycles. The fraction of sp³-hybridized carbons (Fsp3) is 0.100. The number of hydrogen-bond acceptors (Lipinski definition) is 4. The number of carbonyl (C=O) groups excluding carboxylic acids is 1. The molecule has 17 heavy (non-hydrogen) atoms. The number of hydrogen-bond donors (Lipinski definition) is 1. The molecule has 0 atom stereocenters. The molecule has 0 unspecified atom stereocenters. The third-order valence-electron chi connectivity index (χ3n) is 1.91. The van der Waals surface area contributed by atoms with Gasteiger partial charge in [-0.25, -0.2) is 4.98 Å². The molecule has 0 radical (unpaired) electrons. The molecule has 5 nitrogen and oxygen atoms in total. The van der Waals surface area contributed by atoms with E-state index >= 15 is 0 Å². The van der Waals surface area contributed by atoms with Crippen LogP contribution in [0.2, 0.25) is 5.15 Å². The minimum Gasteiger partial charge on any atom is -0.351 e. The average Bonchev–Trinajstić information content (AvgIpc) is 2.70. The van der Waals surface area contributed by atoms with Crippen LogP contribution in [0.3, 0.4) is 0 Å². The van der Waals surface area contributed by atoms with Crippen molar-refractivity contribution in [2.45, 2.75) is 6.92 Å². The molecule has 0 aromatic carbocycles. The van der Waals surface area contributed by atoms with Gasteiger partial charge in [-0.05, 0) is 28.9 Å². The SMILES string of the molecule is Cc1cc(C(=O)Nc2cnc(Cl)c(Br)c2)on1. The van der Waals surface area contributed by atoms with Crippen molar-refractivity contribution < 1.29 is 9.32 Å². The molecule has 1 N–H and O–H groups in total. The number of rotatable bonds is 2. The summed E-state index contributed by atoms with van der Waals surface area (Å²) in [7, 11) is 0. The van der Waals surface area contributed by atoms with Crippen LogP contribution in [0.4, 0.5) is 5.69 Å². The molecular formula is C10H7BrClN3O2. The fourth-order valence-corrected chi connectivity index (χ4v) is 1.61. The Morgan fingerprint density at radius 2 is 2.29 bits per heavy atom. The van der Waals surface area contributed by atoms with Crippen LogP contribution in [0.15, 0.2) is 27.3 Å². The zero-order valence-electron chi connectivity index (χ0n) is 8.70. The molecule has 88 valence electrons. The number of halogens is 2. The number of amides is 1. The second-order valence-electron chi connectivity index (χ2n) is 3.28. The minimum absolute atomic E-state index is 0.147. The van der Waals surface area contributed by atoms with Gasteiger partial charge in [0.05, 0.1) is 22.1 Å². The Morgan fingerprint density at radius 1 is 1.53 bits per heavy atom. The van der Waals surface area contributed by atoms with E-state index in [1.807, 2.05) is 0 Å². The molecular weight excluding hydrogens is 309 g/mol. The summed E-state index contributed by atoms with van der Waals surface area (Å²) in [6.07, 6.45) is 1.45. The van der Waals surface area contributed by atoms with E-state index in [-0.39, 0.29) is 11.7 Å². The second kappa shape index (κ2) is 4.85. The topological polar surface area (TPSA) is 68.0 Å². The highest BCUT2D eigenvalue weighted by atomic mass is 79.9. The van der Waals surface area contributed by atoms with E-state index in [1.165, 1.54) is 6.20 Å². The van der Waals surface area contributed by atoms with Gasteiger partial charge in [0.2, 0.25) is 5.76 Å². The van der Waals surface area contributed by atoms with Gasteiger partial charge in [0.25, 0.3) is 5.91 Å². The largest absolute Gasteiger partial charge is 0.351 e. The lowest BCUT2D eigenvalue weighted by Gasteiger charge is -2.03. The standard InChI is InChI=1S/C10H7BrClN3O2/c1-5-2-8(17-15-5)10(16)14-6-3-7(11)9(12)13-4-6/h2-4H,1H3,(H,14,16). The van der Waals surface area contributed by atoms with Gasteiger partial charge in [-0.2, -0.15) is 0 Å². The second-order valence-corrected chi connectivity index (χ2v) is 4.50. The summed E-state index contributed by atoms with van der Waals surface area (Å²) >= 11 is 8.95. The molecule has 0 aliphatic carbocycles. The molecule has 2 heterocycles. The number of nitrogens with zero attached hydrogens (tertiary/aromatic N) is 2. The van der Waals surface area contributed by atoms with Crippen LogP contribution in [0.25, 0.3) is 0 Å². The summed E-state index contributed by atoms with van der Waals surface area (Å²) in [6.45, 7) is 1.74. The molecule has 0 aliphatic heterocycles. The highest BCUT2D eigenvalue weighted by Gasteiger charge is 2.12. The van der Waals surface area contributed by atoms with Gasteiger partial charge in [-0.15, -0.1) is 0 Å². The van der Waals surface area contributed by atoms with Crippen molar-refractivity contribution >= 4 is 39.1 Å². The Kier molecular flexibility index (Phi) is 3.44. The normalized spacial score (nSPS) is 10.3. The van der Waals surface area contributed by atoms with Crippen molar-refractivity contribution in [3.8, 4) is 0 Å². The summed E-state index contributed by atoms with van der Waals surface area (Å²) in [4.78, 5) is 15.6. The minimum atomic E-state index is -0.387. The molecule has 2 aromatic rings. The van der Waals surface area contributed by atoms with Crippen molar-refractivity contribution in [3.63, 3.8) is 0 Å². The van der Waals surface area contributed by atoms with Crippen molar-refractivity contribution in [1.29, 1.82) is 0 Å². The van der Waals surface area contributed by atoms with E-state index in [0.717, 1.165) is 0 Å². The quantitative estimate of drug-likeness (QED) is 0.865. The van der Waals surface area contributed by atoms with Crippen LogP contribution >= 0.6 is 27.5 Å². The van der Waals surface area contributed by atoms with Crippen molar-refractivity contribution in [2.24, 2.45) is 0 Å². The lowest BCUT2D eigenvalue weighted by atomic mass is 10.3. The summed E-state index contributed by atoms with van der Waals surface area (Å²) in [5.41, 5.74) is 1.16. The first-order chi connectivity index (χ1) is 8.06. The Hall–Kier alpha value is -1.40. The maximum absolute atomic E-state index is 11.7. The van der Waals surface area contributed by atoms with Crippen LogP contribution < -0.4 is 5.32 Å². The van der Waals surface area contributed by atoms with Crippen LogP contribution in [0.1, 0.15) is 16.2 Å². The summed E-state index contributed by atoms with van der Waals surface area (Å²) < 4.78 is 5.43. The molecule has 0 saturated heterocycles. The molecule has 1 amide bonds. The maximum Gasteiger partial charge on any atom is 0.294 e. The lowest BCUT2D eigenvalue weighted by Crippen LogP contribution is -2.11. The van der Waals surface area contributed by atoms with Gasteiger partial charge >= 0.3 is 0 Å². The summed E-state index contributed by atoms with van der Waals surface area (Å²) in [5, 5.41) is 6.58. The van der Waals surface area contributed by atoms with Crippen LogP contribution in [-0.4, -0.2) is 16.0 Å². The lowest BCUT2D eigenvalue weighted by molar-refractivity contribution is 0.0988. The molecule has 2 aromatic heterocycles. The maximum atomic E-state index is 11.7. The zero-order valence-corrected chi connectivity index (χ0v) is 11.0. The van der Waals surface area contributed by atoms with Gasteiger partial charge in [-0.1, -0.05) is 16.8 Å².